The van der Waals surface area contributed by atoms with E-state index in [2.05, 4.69) is 9.97 Å². The normalized spacial score (nSPS) is 27.8. The number of aliphatic hydroxyl groups excluding tert-OH is 1. The van der Waals surface area contributed by atoms with Crippen molar-refractivity contribution in [3.63, 3.8) is 0 Å². The van der Waals surface area contributed by atoms with Crippen LogP contribution in [0.5, 0.6) is 0 Å². The molecular formula is C14H18F3N3O2. The highest BCUT2D eigenvalue weighted by atomic mass is 19.4. The third kappa shape index (κ3) is 2.44. The zero-order valence-corrected chi connectivity index (χ0v) is 12.2. The van der Waals surface area contributed by atoms with Gasteiger partial charge in [-0.1, -0.05) is 0 Å². The van der Waals surface area contributed by atoms with Gasteiger partial charge in [0.05, 0.1) is 12.2 Å². The SMILES string of the molecule is COC1CC(O)C12CCN(c1nccc(C(F)(F)F)n1)CC2. The van der Waals surface area contributed by atoms with Gasteiger partial charge in [-0.15, -0.1) is 0 Å². The summed E-state index contributed by atoms with van der Waals surface area (Å²) in [4.78, 5) is 9.30. The fraction of sp³-hybridized carbons (Fsp3) is 0.714. The highest BCUT2D eigenvalue weighted by Gasteiger charge is 2.56. The maximum Gasteiger partial charge on any atom is 0.433 e. The number of alkyl halides is 3. The minimum Gasteiger partial charge on any atom is -0.392 e. The third-order valence-electron chi connectivity index (χ3n) is 4.94. The van der Waals surface area contributed by atoms with Crippen molar-refractivity contribution in [2.24, 2.45) is 5.41 Å². The van der Waals surface area contributed by atoms with E-state index >= 15 is 0 Å². The molecule has 22 heavy (non-hydrogen) atoms. The van der Waals surface area contributed by atoms with E-state index in [1.807, 2.05) is 0 Å². The second-order valence-electron chi connectivity index (χ2n) is 5.94. The highest BCUT2D eigenvalue weighted by Crippen LogP contribution is 2.50. The molecule has 1 saturated carbocycles. The molecule has 1 aliphatic carbocycles. The van der Waals surface area contributed by atoms with Crippen molar-refractivity contribution in [1.82, 2.24) is 9.97 Å². The zero-order valence-electron chi connectivity index (χ0n) is 12.2. The summed E-state index contributed by atoms with van der Waals surface area (Å²) in [5, 5.41) is 10.1. The molecule has 1 aromatic rings. The van der Waals surface area contributed by atoms with Crippen LogP contribution in [0.4, 0.5) is 19.1 Å². The number of anilines is 1. The van der Waals surface area contributed by atoms with Crippen LogP contribution in [0.25, 0.3) is 0 Å². The molecule has 2 heterocycles. The van der Waals surface area contributed by atoms with E-state index in [-0.39, 0.29) is 17.5 Å². The molecule has 2 fully saturated rings. The van der Waals surface area contributed by atoms with Crippen LogP contribution in [-0.4, -0.2) is 47.5 Å². The van der Waals surface area contributed by atoms with Crippen molar-refractivity contribution in [2.45, 2.75) is 37.6 Å². The Kier molecular flexibility index (Phi) is 3.76. The molecular weight excluding hydrogens is 299 g/mol. The van der Waals surface area contributed by atoms with Crippen LogP contribution in [0.2, 0.25) is 0 Å². The molecule has 2 aliphatic rings. The summed E-state index contributed by atoms with van der Waals surface area (Å²) < 4.78 is 43.5. The van der Waals surface area contributed by atoms with Gasteiger partial charge in [0, 0.05) is 38.2 Å². The number of hydrogen-bond acceptors (Lipinski definition) is 5. The summed E-state index contributed by atoms with van der Waals surface area (Å²) >= 11 is 0. The molecule has 122 valence electrons. The number of hydrogen-bond donors (Lipinski definition) is 1. The number of methoxy groups -OCH3 is 1. The van der Waals surface area contributed by atoms with Crippen LogP contribution in [0, 0.1) is 5.41 Å². The molecule has 0 bridgehead atoms. The Morgan fingerprint density at radius 3 is 2.59 bits per heavy atom. The molecule has 0 radical (unpaired) electrons. The molecule has 8 heteroatoms. The minimum absolute atomic E-state index is 0.0204. The van der Waals surface area contributed by atoms with Crippen LogP contribution in [-0.2, 0) is 10.9 Å². The number of aromatic nitrogens is 2. The van der Waals surface area contributed by atoms with Crippen LogP contribution in [0.3, 0.4) is 0 Å². The Labute approximate surface area is 126 Å². The summed E-state index contributed by atoms with van der Waals surface area (Å²) in [6.07, 6.45) is -1.78. The number of nitrogens with zero attached hydrogens (tertiary/aromatic N) is 3. The fourth-order valence-electron chi connectivity index (χ4n) is 3.49. The summed E-state index contributed by atoms with van der Waals surface area (Å²) in [6.45, 7) is 1.02. The Hall–Kier alpha value is -1.41. The van der Waals surface area contributed by atoms with E-state index in [9.17, 15) is 18.3 Å². The number of ether oxygens (including phenoxy) is 1. The lowest BCUT2D eigenvalue weighted by molar-refractivity contribution is -0.190. The van der Waals surface area contributed by atoms with E-state index in [0.717, 1.165) is 12.3 Å². The first-order valence-corrected chi connectivity index (χ1v) is 7.23. The summed E-state index contributed by atoms with van der Waals surface area (Å²) in [5.74, 6) is 0.0902. The molecule has 2 atom stereocenters. The lowest BCUT2D eigenvalue weighted by Crippen LogP contribution is -2.62. The monoisotopic (exact) mass is 317 g/mol. The third-order valence-corrected chi connectivity index (χ3v) is 4.94. The quantitative estimate of drug-likeness (QED) is 0.902. The number of aliphatic hydroxyl groups is 1. The van der Waals surface area contributed by atoms with Crippen LogP contribution >= 0.6 is 0 Å². The summed E-state index contributed by atoms with van der Waals surface area (Å²) in [5.41, 5.74) is -1.20. The molecule has 1 aromatic heterocycles. The van der Waals surface area contributed by atoms with Crippen LogP contribution in [0.15, 0.2) is 12.3 Å². The Morgan fingerprint density at radius 1 is 1.36 bits per heavy atom. The number of halogens is 3. The lowest BCUT2D eigenvalue weighted by Gasteiger charge is -2.56. The van der Waals surface area contributed by atoms with Gasteiger partial charge in [0.2, 0.25) is 5.95 Å². The predicted molar refractivity (Wildman–Crippen MR) is 72.3 cm³/mol. The van der Waals surface area contributed by atoms with Gasteiger partial charge in [0.1, 0.15) is 5.69 Å². The maximum absolute atomic E-state index is 12.7. The molecule has 0 amide bonds. The van der Waals surface area contributed by atoms with Gasteiger partial charge in [-0.3, -0.25) is 0 Å². The molecule has 1 spiro atoms. The van der Waals surface area contributed by atoms with Gasteiger partial charge in [-0.2, -0.15) is 13.2 Å². The topological polar surface area (TPSA) is 58.5 Å². The van der Waals surface area contributed by atoms with Crippen molar-refractivity contribution in [3.05, 3.63) is 18.0 Å². The highest BCUT2D eigenvalue weighted by molar-refractivity contribution is 5.32. The first-order valence-electron chi connectivity index (χ1n) is 7.23. The molecule has 1 saturated heterocycles. The smallest absolute Gasteiger partial charge is 0.392 e. The van der Waals surface area contributed by atoms with E-state index in [1.165, 1.54) is 0 Å². The van der Waals surface area contributed by atoms with Crippen molar-refractivity contribution >= 4 is 5.95 Å². The Balaban J connectivity index is 1.72. The van der Waals surface area contributed by atoms with Gasteiger partial charge >= 0.3 is 6.18 Å². The predicted octanol–water partition coefficient (Wildman–Crippen LogP) is 1.86. The zero-order chi connectivity index (χ0) is 16.0. The summed E-state index contributed by atoms with van der Waals surface area (Å²) in [6, 6.07) is 0.867. The largest absolute Gasteiger partial charge is 0.433 e. The molecule has 2 unspecified atom stereocenters. The average molecular weight is 317 g/mol. The molecule has 1 aliphatic heterocycles. The van der Waals surface area contributed by atoms with Crippen molar-refractivity contribution < 1.29 is 23.0 Å². The molecule has 3 rings (SSSR count). The van der Waals surface area contributed by atoms with E-state index < -0.39 is 18.0 Å². The van der Waals surface area contributed by atoms with Gasteiger partial charge in [0.15, 0.2) is 0 Å². The maximum atomic E-state index is 12.7. The minimum atomic E-state index is -4.47. The van der Waals surface area contributed by atoms with E-state index in [1.54, 1.807) is 12.0 Å². The molecule has 0 aromatic carbocycles. The standard InChI is InChI=1S/C14H18F3N3O2/c1-22-11-8-10(21)13(11)3-6-20(7-4-13)12-18-5-2-9(19-12)14(15,16)17/h2,5,10-11,21H,3-4,6-8H2,1H3. The van der Waals surface area contributed by atoms with Crippen LogP contribution in [0.1, 0.15) is 25.0 Å². The summed E-state index contributed by atoms with van der Waals surface area (Å²) in [7, 11) is 1.63. The Bertz CT molecular complexity index is 544. The van der Waals surface area contributed by atoms with Gasteiger partial charge in [0.25, 0.3) is 0 Å². The average Bonchev–Trinajstić information content (AvgIpc) is 2.52. The Morgan fingerprint density at radius 2 is 2.05 bits per heavy atom. The first-order chi connectivity index (χ1) is 10.4. The molecule has 5 nitrogen and oxygen atoms in total. The van der Waals surface area contributed by atoms with Gasteiger partial charge in [-0.25, -0.2) is 9.97 Å². The fourth-order valence-corrected chi connectivity index (χ4v) is 3.49. The van der Waals surface area contributed by atoms with Gasteiger partial charge < -0.3 is 14.7 Å². The lowest BCUT2D eigenvalue weighted by atomic mass is 9.58. The number of piperidine rings is 1. The van der Waals surface area contributed by atoms with E-state index in [0.29, 0.717) is 32.4 Å². The second-order valence-corrected chi connectivity index (χ2v) is 5.94. The van der Waals surface area contributed by atoms with E-state index in [4.69, 9.17) is 4.74 Å². The van der Waals surface area contributed by atoms with Crippen LogP contribution < -0.4 is 4.90 Å². The van der Waals surface area contributed by atoms with Crippen molar-refractivity contribution in [2.75, 3.05) is 25.1 Å². The second kappa shape index (κ2) is 5.34. The van der Waals surface area contributed by atoms with Crippen molar-refractivity contribution in [1.29, 1.82) is 0 Å². The number of rotatable bonds is 2. The first kappa shape index (κ1) is 15.5. The van der Waals surface area contributed by atoms with Gasteiger partial charge in [-0.05, 0) is 18.9 Å². The van der Waals surface area contributed by atoms with Crippen molar-refractivity contribution in [3.8, 4) is 0 Å². The molecule has 1 N–H and O–H groups in total.